The smallest absolute Gasteiger partial charge is 0.154 e. The van der Waals surface area contributed by atoms with Crippen LogP contribution < -0.4 is 11.1 Å². The lowest BCUT2D eigenvalue weighted by Crippen LogP contribution is -1.99. The second-order valence-electron chi connectivity index (χ2n) is 3.06. The summed E-state index contributed by atoms with van der Waals surface area (Å²) in [6.45, 7) is 0. The van der Waals surface area contributed by atoms with Crippen molar-refractivity contribution in [2.75, 3.05) is 11.1 Å². The summed E-state index contributed by atoms with van der Waals surface area (Å²) in [6.07, 6.45) is 1.61. The summed E-state index contributed by atoms with van der Waals surface area (Å²) >= 11 is 9.05. The zero-order chi connectivity index (χ0) is 11.5. The van der Waals surface area contributed by atoms with Gasteiger partial charge in [-0.1, -0.05) is 11.6 Å². The van der Waals surface area contributed by atoms with Gasteiger partial charge >= 0.3 is 0 Å². The maximum atomic E-state index is 5.78. The predicted octanol–water partition coefficient (Wildman–Crippen LogP) is 3.22. The molecule has 0 saturated heterocycles. The topological polar surface area (TPSA) is 63.8 Å². The lowest BCUT2D eigenvalue weighted by molar-refractivity contribution is 1.26. The van der Waals surface area contributed by atoms with E-state index in [1.165, 1.54) is 0 Å². The summed E-state index contributed by atoms with van der Waals surface area (Å²) < 4.78 is 0.712. The van der Waals surface area contributed by atoms with Gasteiger partial charge < -0.3 is 11.1 Å². The van der Waals surface area contributed by atoms with E-state index in [2.05, 4.69) is 31.2 Å². The molecule has 3 N–H and O–H groups in total. The maximum absolute atomic E-state index is 5.78. The van der Waals surface area contributed by atoms with Crippen LogP contribution in [0.3, 0.4) is 0 Å². The zero-order valence-corrected chi connectivity index (χ0v) is 10.5. The van der Waals surface area contributed by atoms with Gasteiger partial charge in [0.2, 0.25) is 0 Å². The Bertz CT molecular complexity index is 518. The number of nitrogens with two attached hydrogens (primary N) is 1. The molecule has 0 aliphatic heterocycles. The van der Waals surface area contributed by atoms with Crippen molar-refractivity contribution < 1.29 is 0 Å². The Morgan fingerprint density at radius 3 is 2.88 bits per heavy atom. The molecule has 0 spiro atoms. The Kier molecular flexibility index (Phi) is 3.26. The first kappa shape index (κ1) is 11.2. The number of hydrogen-bond donors (Lipinski definition) is 2. The van der Waals surface area contributed by atoms with Crippen molar-refractivity contribution >= 4 is 44.7 Å². The van der Waals surface area contributed by atoms with Gasteiger partial charge in [0.1, 0.15) is 9.76 Å². The molecule has 0 amide bonds. The van der Waals surface area contributed by atoms with Crippen molar-refractivity contribution in [2.45, 2.75) is 0 Å². The fourth-order valence-electron chi connectivity index (χ4n) is 1.16. The minimum atomic E-state index is 0.415. The minimum absolute atomic E-state index is 0.415. The summed E-state index contributed by atoms with van der Waals surface area (Å²) in [5, 5.41) is 3.48. The van der Waals surface area contributed by atoms with Crippen molar-refractivity contribution in [3.63, 3.8) is 0 Å². The van der Waals surface area contributed by atoms with Crippen LogP contribution in [0.15, 0.2) is 35.1 Å². The first-order valence-corrected chi connectivity index (χ1v) is 5.63. The molecule has 16 heavy (non-hydrogen) atoms. The third-order valence-electron chi connectivity index (χ3n) is 1.88. The van der Waals surface area contributed by atoms with Crippen molar-refractivity contribution in [3.05, 3.63) is 40.2 Å². The molecule has 0 aliphatic carbocycles. The number of halogens is 2. The van der Waals surface area contributed by atoms with Crippen LogP contribution in [-0.2, 0) is 0 Å². The molecule has 0 fully saturated rings. The van der Waals surface area contributed by atoms with Crippen LogP contribution in [0.4, 0.5) is 17.2 Å². The van der Waals surface area contributed by atoms with Gasteiger partial charge in [-0.25, -0.2) is 9.97 Å². The van der Waals surface area contributed by atoms with Gasteiger partial charge in [-0.05, 0) is 40.2 Å². The van der Waals surface area contributed by atoms with E-state index >= 15 is 0 Å². The van der Waals surface area contributed by atoms with Gasteiger partial charge in [0.15, 0.2) is 5.82 Å². The van der Waals surface area contributed by atoms with Crippen LogP contribution in [0.1, 0.15) is 0 Å². The number of nitrogen functional groups attached to an aromatic ring is 1. The molecule has 0 saturated carbocycles. The highest BCUT2D eigenvalue weighted by molar-refractivity contribution is 9.10. The monoisotopic (exact) mass is 298 g/mol. The zero-order valence-electron chi connectivity index (χ0n) is 8.11. The fourth-order valence-corrected chi connectivity index (χ4v) is 1.65. The first-order chi connectivity index (χ1) is 7.65. The third kappa shape index (κ3) is 2.62. The van der Waals surface area contributed by atoms with Crippen molar-refractivity contribution in [2.24, 2.45) is 0 Å². The second-order valence-corrected chi connectivity index (χ2v) is 4.26. The van der Waals surface area contributed by atoms with E-state index in [0.29, 0.717) is 21.3 Å². The number of pyridine rings is 2. The number of rotatable bonds is 2. The van der Waals surface area contributed by atoms with Crippen molar-refractivity contribution in [1.82, 2.24) is 9.97 Å². The lowest BCUT2D eigenvalue weighted by atomic mass is 10.3. The summed E-state index contributed by atoms with van der Waals surface area (Å²) in [5.74, 6) is 0.580. The van der Waals surface area contributed by atoms with Gasteiger partial charge in [0.25, 0.3) is 0 Å². The average molecular weight is 300 g/mol. The normalized spacial score (nSPS) is 10.1. The maximum Gasteiger partial charge on any atom is 0.154 e. The number of aromatic nitrogens is 2. The Balaban J connectivity index is 2.30. The van der Waals surface area contributed by atoms with E-state index < -0.39 is 0 Å². The fraction of sp³-hybridized carbons (Fsp3) is 0. The molecule has 2 rings (SSSR count). The highest BCUT2D eigenvalue weighted by atomic mass is 79.9. The third-order valence-corrected chi connectivity index (χ3v) is 2.53. The Hall–Kier alpha value is -1.33. The van der Waals surface area contributed by atoms with E-state index in [1.807, 2.05) is 0 Å². The van der Waals surface area contributed by atoms with E-state index in [-0.39, 0.29) is 0 Å². The van der Waals surface area contributed by atoms with E-state index in [4.69, 9.17) is 17.3 Å². The highest BCUT2D eigenvalue weighted by Gasteiger charge is 2.02. The molecular weight excluding hydrogens is 291 g/mol. The van der Waals surface area contributed by atoms with Gasteiger partial charge in [0, 0.05) is 11.9 Å². The standard InChI is InChI=1S/C10H8BrClN4/c11-8-2-1-7(13)10(16-8)15-6-3-4-14-9(12)5-6/h1-5H,13H2,(H,14,15,16). The number of hydrogen-bond acceptors (Lipinski definition) is 4. The first-order valence-electron chi connectivity index (χ1n) is 4.46. The minimum Gasteiger partial charge on any atom is -0.396 e. The SMILES string of the molecule is Nc1ccc(Br)nc1Nc1ccnc(Cl)c1. The van der Waals surface area contributed by atoms with E-state index in [9.17, 15) is 0 Å². The number of nitrogens with one attached hydrogen (secondary N) is 1. The molecule has 0 aromatic carbocycles. The largest absolute Gasteiger partial charge is 0.396 e. The Labute approximate surface area is 106 Å². The van der Waals surface area contributed by atoms with Gasteiger partial charge in [-0.3, -0.25) is 0 Å². The molecule has 2 aromatic heterocycles. The molecule has 0 unspecified atom stereocenters. The summed E-state index contributed by atoms with van der Waals surface area (Å²) in [4.78, 5) is 8.10. The van der Waals surface area contributed by atoms with E-state index in [1.54, 1.807) is 30.5 Å². The van der Waals surface area contributed by atoms with Gasteiger partial charge in [-0.15, -0.1) is 0 Å². The molecule has 82 valence electrons. The van der Waals surface area contributed by atoms with Crippen LogP contribution in [0, 0.1) is 0 Å². The van der Waals surface area contributed by atoms with Crippen molar-refractivity contribution in [3.8, 4) is 0 Å². The van der Waals surface area contributed by atoms with Crippen LogP contribution in [0.25, 0.3) is 0 Å². The summed E-state index contributed by atoms with van der Waals surface area (Å²) in [5.41, 5.74) is 7.14. The molecular formula is C10H8BrClN4. The van der Waals surface area contributed by atoms with Crippen LogP contribution in [0.2, 0.25) is 5.15 Å². The van der Waals surface area contributed by atoms with Gasteiger partial charge in [0.05, 0.1) is 5.69 Å². The quantitative estimate of drug-likeness (QED) is 0.836. The second kappa shape index (κ2) is 4.67. The Morgan fingerprint density at radius 2 is 2.12 bits per heavy atom. The molecule has 2 heterocycles. The molecule has 0 bridgehead atoms. The van der Waals surface area contributed by atoms with Crippen LogP contribution in [0.5, 0.6) is 0 Å². The van der Waals surface area contributed by atoms with Crippen LogP contribution in [-0.4, -0.2) is 9.97 Å². The molecule has 6 heteroatoms. The summed E-state index contributed by atoms with van der Waals surface area (Å²) in [6, 6.07) is 7.03. The molecule has 2 aromatic rings. The highest BCUT2D eigenvalue weighted by Crippen LogP contribution is 2.23. The van der Waals surface area contributed by atoms with Gasteiger partial charge in [-0.2, -0.15) is 0 Å². The number of anilines is 3. The lowest BCUT2D eigenvalue weighted by Gasteiger charge is -2.08. The predicted molar refractivity (Wildman–Crippen MR) is 68.9 cm³/mol. The Morgan fingerprint density at radius 1 is 1.31 bits per heavy atom. The number of nitrogens with zero attached hydrogens (tertiary/aromatic N) is 2. The molecule has 0 radical (unpaired) electrons. The molecule has 0 atom stereocenters. The van der Waals surface area contributed by atoms with Crippen LogP contribution >= 0.6 is 27.5 Å². The average Bonchev–Trinajstić information content (AvgIpc) is 2.24. The summed E-state index contributed by atoms with van der Waals surface area (Å²) in [7, 11) is 0. The molecule has 4 nitrogen and oxygen atoms in total. The van der Waals surface area contributed by atoms with E-state index in [0.717, 1.165) is 5.69 Å². The molecule has 0 aliphatic rings. The van der Waals surface area contributed by atoms with Crippen molar-refractivity contribution in [1.29, 1.82) is 0 Å².